The van der Waals surface area contributed by atoms with Gasteiger partial charge in [-0.3, -0.25) is 9.32 Å². The van der Waals surface area contributed by atoms with Crippen LogP contribution in [-0.2, 0) is 23.4 Å². The molecule has 9 nitrogen and oxygen atoms in total. The Labute approximate surface area is 153 Å². The number of hydrogen-bond acceptors (Lipinski definition) is 8. The summed E-state index contributed by atoms with van der Waals surface area (Å²) in [6, 6.07) is 6.25. The first-order valence-electron chi connectivity index (χ1n) is 7.84. The lowest BCUT2D eigenvalue weighted by Crippen LogP contribution is -2.43. The molecule has 1 aromatic rings. The van der Waals surface area contributed by atoms with Crippen LogP contribution in [0.5, 0.6) is 5.75 Å². The monoisotopic (exact) mass is 411 g/mol. The number of halogens is 2. The van der Waals surface area contributed by atoms with Crippen LogP contribution in [0, 0.1) is 0 Å². The van der Waals surface area contributed by atoms with Crippen molar-refractivity contribution >= 4 is 13.7 Å². The maximum absolute atomic E-state index is 14.2. The molecule has 1 fully saturated rings. The van der Waals surface area contributed by atoms with Crippen molar-refractivity contribution in [2.24, 2.45) is 0 Å². The van der Waals surface area contributed by atoms with E-state index in [-0.39, 0.29) is 5.75 Å². The molecule has 1 heterocycles. The minimum absolute atomic E-state index is 0.00553. The van der Waals surface area contributed by atoms with Gasteiger partial charge in [0.05, 0.1) is 13.7 Å². The average molecular weight is 411 g/mol. The third-order valence-electron chi connectivity index (χ3n) is 3.65. The van der Waals surface area contributed by atoms with Crippen molar-refractivity contribution in [1.82, 2.24) is 5.09 Å². The van der Waals surface area contributed by atoms with Gasteiger partial charge in [-0.15, -0.1) is 0 Å². The summed E-state index contributed by atoms with van der Waals surface area (Å²) in [6.07, 6.45) is -6.51. The average Bonchev–Trinajstić information content (AvgIpc) is 2.84. The van der Waals surface area contributed by atoms with Crippen LogP contribution in [0.15, 0.2) is 30.3 Å². The zero-order chi connectivity index (χ0) is 20.2. The molecule has 1 aromatic carbocycles. The van der Waals surface area contributed by atoms with Crippen LogP contribution in [0.1, 0.15) is 6.92 Å². The summed E-state index contributed by atoms with van der Waals surface area (Å²) in [5, 5.41) is 20.7. The van der Waals surface area contributed by atoms with Gasteiger partial charge >= 0.3 is 19.6 Å². The molecule has 5 atom stereocenters. The van der Waals surface area contributed by atoms with Gasteiger partial charge in [-0.25, -0.2) is 4.57 Å². The van der Waals surface area contributed by atoms with E-state index in [1.165, 1.54) is 31.2 Å². The maximum Gasteiger partial charge on any atom is 0.462 e. The van der Waals surface area contributed by atoms with E-state index in [1.54, 1.807) is 6.07 Å². The Morgan fingerprint density at radius 1 is 1.41 bits per heavy atom. The first-order chi connectivity index (χ1) is 12.6. The molecule has 0 amide bonds. The van der Waals surface area contributed by atoms with Gasteiger partial charge in [0.2, 0.25) is 6.29 Å². The van der Waals surface area contributed by atoms with E-state index in [0.29, 0.717) is 0 Å². The van der Waals surface area contributed by atoms with Crippen molar-refractivity contribution in [3.05, 3.63) is 30.3 Å². The molecule has 1 saturated heterocycles. The summed E-state index contributed by atoms with van der Waals surface area (Å²) in [5.74, 6) is -4.83. The Balaban J connectivity index is 2.26. The minimum Gasteiger partial charge on any atom is -0.468 e. The number of benzene rings is 1. The number of aliphatic hydroxyl groups is 2. The van der Waals surface area contributed by atoms with E-state index in [2.05, 4.69) is 9.82 Å². The SMILES string of the molecule is COC(=O)[C@H](C)NP(=O)(Oc1ccccc1)O[C@H]1O[C@H](CO)[C@@H](O)C1(F)F. The number of carbonyl (C=O) groups excluding carboxylic acids is 1. The van der Waals surface area contributed by atoms with E-state index in [9.17, 15) is 23.2 Å². The Hall–Kier alpha value is -1.62. The zero-order valence-corrected chi connectivity index (χ0v) is 15.3. The summed E-state index contributed by atoms with van der Waals surface area (Å²) >= 11 is 0. The van der Waals surface area contributed by atoms with Gasteiger partial charge in [0.25, 0.3) is 0 Å². The fourth-order valence-corrected chi connectivity index (χ4v) is 3.82. The molecule has 27 heavy (non-hydrogen) atoms. The second kappa shape index (κ2) is 8.59. The molecular weight excluding hydrogens is 391 g/mol. The largest absolute Gasteiger partial charge is 0.468 e. The first-order valence-corrected chi connectivity index (χ1v) is 9.38. The van der Waals surface area contributed by atoms with Crippen LogP contribution in [-0.4, -0.2) is 60.4 Å². The first kappa shape index (κ1) is 21.7. The van der Waals surface area contributed by atoms with Crippen LogP contribution in [0.3, 0.4) is 0 Å². The third kappa shape index (κ3) is 5.01. The van der Waals surface area contributed by atoms with Crippen molar-refractivity contribution in [2.45, 2.75) is 37.4 Å². The van der Waals surface area contributed by atoms with Gasteiger partial charge in [0.15, 0.2) is 6.10 Å². The lowest BCUT2D eigenvalue weighted by Gasteiger charge is -2.27. The number of carbonyl (C=O) groups is 1. The van der Waals surface area contributed by atoms with Crippen LogP contribution in [0.4, 0.5) is 8.78 Å². The van der Waals surface area contributed by atoms with Gasteiger partial charge in [-0.1, -0.05) is 18.2 Å². The van der Waals surface area contributed by atoms with Crippen molar-refractivity contribution in [3.8, 4) is 5.75 Å². The number of aliphatic hydroxyl groups excluding tert-OH is 2. The van der Waals surface area contributed by atoms with E-state index >= 15 is 0 Å². The molecule has 3 N–H and O–H groups in total. The van der Waals surface area contributed by atoms with E-state index < -0.39 is 50.8 Å². The van der Waals surface area contributed by atoms with Gasteiger partial charge in [-0.2, -0.15) is 13.9 Å². The molecule has 1 aliphatic heterocycles. The molecular formula is C15H20F2NO8P. The molecule has 0 radical (unpaired) electrons. The van der Waals surface area contributed by atoms with Crippen LogP contribution >= 0.6 is 7.75 Å². The summed E-state index contributed by atoms with van der Waals surface area (Å²) in [7, 11) is -3.52. The zero-order valence-electron chi connectivity index (χ0n) is 14.5. The number of hydrogen-bond donors (Lipinski definition) is 3. The predicted octanol–water partition coefficient (Wildman–Crippen LogP) is 1.05. The van der Waals surface area contributed by atoms with Crippen molar-refractivity contribution in [3.63, 3.8) is 0 Å². The molecule has 2 rings (SSSR count). The van der Waals surface area contributed by atoms with E-state index in [0.717, 1.165) is 7.11 Å². The van der Waals surface area contributed by atoms with Crippen molar-refractivity contribution < 1.29 is 46.9 Å². The standard InChI is InChI=1S/C15H20F2NO8P/c1-9(13(21)23-2)18-27(22,25-10-6-4-3-5-7-10)26-14-15(16,17)12(20)11(8-19)24-14/h3-7,9,11-12,14,19-20H,8H2,1-2H3,(H,18,22)/t9-,11+,12+,14+,27?/m0/s1. The van der Waals surface area contributed by atoms with E-state index in [4.69, 9.17) is 18.9 Å². The number of alkyl halides is 2. The fraction of sp³-hybridized carbons (Fsp3) is 0.533. The molecule has 0 saturated carbocycles. The van der Waals surface area contributed by atoms with Gasteiger partial charge in [-0.05, 0) is 19.1 Å². The van der Waals surface area contributed by atoms with Crippen molar-refractivity contribution in [2.75, 3.05) is 13.7 Å². The van der Waals surface area contributed by atoms with Crippen molar-refractivity contribution in [1.29, 1.82) is 0 Å². The smallest absolute Gasteiger partial charge is 0.462 e. The summed E-state index contributed by atoms with van der Waals surface area (Å²) in [6.45, 7) is 0.349. The highest BCUT2D eigenvalue weighted by Crippen LogP contribution is 2.50. The summed E-state index contributed by atoms with van der Waals surface area (Å²) in [4.78, 5) is 11.6. The predicted molar refractivity (Wildman–Crippen MR) is 87.1 cm³/mol. The lowest BCUT2D eigenvalue weighted by atomic mass is 10.1. The highest BCUT2D eigenvalue weighted by atomic mass is 31.2. The highest BCUT2D eigenvalue weighted by molar-refractivity contribution is 7.52. The number of rotatable bonds is 8. The van der Waals surface area contributed by atoms with Gasteiger partial charge < -0.3 is 24.2 Å². The molecule has 1 aliphatic rings. The molecule has 0 bridgehead atoms. The second-order valence-electron chi connectivity index (χ2n) is 5.69. The maximum atomic E-state index is 14.2. The Morgan fingerprint density at radius 2 is 2.04 bits per heavy atom. The fourth-order valence-electron chi connectivity index (χ4n) is 2.24. The summed E-state index contributed by atoms with van der Waals surface area (Å²) in [5.41, 5.74) is 0. The quantitative estimate of drug-likeness (QED) is 0.425. The van der Waals surface area contributed by atoms with Crippen LogP contribution in [0.25, 0.3) is 0 Å². The minimum atomic E-state index is -4.61. The third-order valence-corrected chi connectivity index (χ3v) is 5.27. The number of nitrogens with one attached hydrogen (secondary N) is 1. The Bertz CT molecular complexity index is 692. The number of para-hydroxylation sites is 1. The Morgan fingerprint density at radius 3 is 2.56 bits per heavy atom. The normalized spacial score (nSPS) is 27.6. The van der Waals surface area contributed by atoms with Gasteiger partial charge in [0.1, 0.15) is 17.9 Å². The molecule has 0 aromatic heterocycles. The molecule has 0 aliphatic carbocycles. The van der Waals surface area contributed by atoms with Crippen LogP contribution in [0.2, 0.25) is 0 Å². The van der Waals surface area contributed by atoms with Crippen LogP contribution < -0.4 is 9.61 Å². The molecule has 0 spiro atoms. The number of ether oxygens (including phenoxy) is 2. The Kier molecular flexibility index (Phi) is 6.90. The molecule has 12 heteroatoms. The molecule has 152 valence electrons. The topological polar surface area (TPSA) is 124 Å². The lowest BCUT2D eigenvalue weighted by molar-refractivity contribution is -0.188. The highest BCUT2D eigenvalue weighted by Gasteiger charge is 2.61. The number of methoxy groups -OCH3 is 1. The molecule has 1 unspecified atom stereocenters. The van der Waals surface area contributed by atoms with Gasteiger partial charge in [0, 0.05) is 0 Å². The van der Waals surface area contributed by atoms with E-state index in [1.807, 2.05) is 0 Å². The summed E-state index contributed by atoms with van der Waals surface area (Å²) < 4.78 is 60.6. The number of esters is 1. The second-order valence-corrected chi connectivity index (χ2v) is 7.34.